The van der Waals surface area contributed by atoms with E-state index < -0.39 is 0 Å². The number of thioether (sulfide) groups is 1. The molecule has 0 amide bonds. The Morgan fingerprint density at radius 2 is 2.33 bits per heavy atom. The maximum absolute atomic E-state index is 10.8. The van der Waals surface area contributed by atoms with Crippen LogP contribution in [0.3, 0.4) is 0 Å². The van der Waals surface area contributed by atoms with E-state index in [4.69, 9.17) is 6.42 Å². The van der Waals surface area contributed by atoms with E-state index >= 15 is 0 Å². The van der Waals surface area contributed by atoms with Gasteiger partial charge in [0.25, 0.3) is 5.69 Å². The molecule has 96 valence electrons. The van der Waals surface area contributed by atoms with Crippen LogP contribution in [0.25, 0.3) is 0 Å². The van der Waals surface area contributed by atoms with Crippen LogP contribution in [0.1, 0.15) is 11.1 Å². The molecule has 18 heavy (non-hydrogen) atoms. The molecule has 1 N–H and O–H groups in total. The Labute approximate surface area is 111 Å². The first-order valence-corrected chi connectivity index (χ1v) is 6.77. The molecular weight excluding hydrogens is 248 g/mol. The molecule has 0 aromatic heterocycles. The Bertz CT molecular complexity index is 455. The minimum Gasteiger partial charge on any atom is -0.312 e. The van der Waals surface area contributed by atoms with Crippen LogP contribution in [0.4, 0.5) is 5.69 Å². The van der Waals surface area contributed by atoms with Crippen molar-refractivity contribution in [1.82, 2.24) is 5.32 Å². The van der Waals surface area contributed by atoms with Gasteiger partial charge in [-0.05, 0) is 12.5 Å². The lowest BCUT2D eigenvalue weighted by Gasteiger charge is -2.07. The third-order valence-corrected chi connectivity index (χ3v) is 3.40. The van der Waals surface area contributed by atoms with Gasteiger partial charge in [-0.2, -0.15) is 0 Å². The fourth-order valence-electron chi connectivity index (χ4n) is 1.56. The fraction of sp³-hybridized carbons (Fsp3) is 0.385. The predicted octanol–water partition coefficient (Wildman–Crippen LogP) is 2.36. The van der Waals surface area contributed by atoms with Gasteiger partial charge in [0, 0.05) is 30.5 Å². The molecule has 0 saturated heterocycles. The quantitative estimate of drug-likeness (QED) is 0.355. The van der Waals surface area contributed by atoms with Gasteiger partial charge >= 0.3 is 0 Å². The zero-order valence-electron chi connectivity index (χ0n) is 10.3. The zero-order valence-corrected chi connectivity index (χ0v) is 11.1. The molecule has 0 fully saturated rings. The monoisotopic (exact) mass is 264 g/mol. The summed E-state index contributed by atoms with van der Waals surface area (Å²) in [6.45, 7) is 3.26. The van der Waals surface area contributed by atoms with Crippen molar-refractivity contribution < 1.29 is 4.92 Å². The van der Waals surface area contributed by atoms with E-state index in [0.717, 1.165) is 29.2 Å². The summed E-state index contributed by atoms with van der Waals surface area (Å²) in [5.74, 6) is 4.23. The molecular formula is C13H16N2O2S. The molecule has 0 saturated carbocycles. The summed E-state index contributed by atoms with van der Waals surface area (Å²) in [7, 11) is 0. The summed E-state index contributed by atoms with van der Waals surface area (Å²) in [6, 6.07) is 5.15. The van der Waals surface area contributed by atoms with E-state index in [9.17, 15) is 10.1 Å². The number of hydrogen-bond acceptors (Lipinski definition) is 4. The van der Waals surface area contributed by atoms with Crippen molar-refractivity contribution >= 4 is 17.4 Å². The molecule has 1 aromatic rings. The number of hydrogen-bond donors (Lipinski definition) is 1. The maximum atomic E-state index is 10.8. The molecule has 1 aromatic carbocycles. The average molecular weight is 264 g/mol. The Kier molecular flexibility index (Phi) is 6.26. The second-order valence-corrected chi connectivity index (χ2v) is 4.86. The molecule has 4 nitrogen and oxygen atoms in total. The summed E-state index contributed by atoms with van der Waals surface area (Å²) in [5, 5.41) is 14.0. The van der Waals surface area contributed by atoms with E-state index in [2.05, 4.69) is 11.2 Å². The number of terminal acetylenes is 1. The predicted molar refractivity (Wildman–Crippen MR) is 75.7 cm³/mol. The van der Waals surface area contributed by atoms with Gasteiger partial charge in [0.05, 0.1) is 10.7 Å². The smallest absolute Gasteiger partial charge is 0.272 e. The van der Waals surface area contributed by atoms with Crippen LogP contribution >= 0.6 is 11.8 Å². The van der Waals surface area contributed by atoms with Gasteiger partial charge in [-0.1, -0.05) is 18.1 Å². The van der Waals surface area contributed by atoms with Gasteiger partial charge in [0.1, 0.15) is 0 Å². The Morgan fingerprint density at radius 1 is 1.56 bits per heavy atom. The van der Waals surface area contributed by atoms with Crippen LogP contribution in [0.15, 0.2) is 18.2 Å². The van der Waals surface area contributed by atoms with E-state index in [1.165, 1.54) is 6.07 Å². The highest BCUT2D eigenvalue weighted by Gasteiger charge is 2.12. The zero-order chi connectivity index (χ0) is 13.4. The van der Waals surface area contributed by atoms with Crippen molar-refractivity contribution in [3.63, 3.8) is 0 Å². The van der Waals surface area contributed by atoms with E-state index in [-0.39, 0.29) is 10.6 Å². The van der Waals surface area contributed by atoms with Gasteiger partial charge in [-0.25, -0.2) is 0 Å². The molecule has 0 bridgehead atoms. The molecule has 0 aliphatic rings. The summed E-state index contributed by atoms with van der Waals surface area (Å²) < 4.78 is 0. The molecule has 0 spiro atoms. The highest BCUT2D eigenvalue weighted by Crippen LogP contribution is 2.20. The summed E-state index contributed by atoms with van der Waals surface area (Å²) >= 11 is 1.69. The van der Waals surface area contributed by atoms with Crippen molar-refractivity contribution in [1.29, 1.82) is 0 Å². The van der Waals surface area contributed by atoms with Gasteiger partial charge in [0.15, 0.2) is 0 Å². The normalized spacial score (nSPS) is 10.0. The van der Waals surface area contributed by atoms with Gasteiger partial charge in [0.2, 0.25) is 0 Å². The highest BCUT2D eigenvalue weighted by molar-refractivity contribution is 7.99. The molecule has 0 aliphatic carbocycles. The summed E-state index contributed by atoms with van der Waals surface area (Å²) in [5.41, 5.74) is 1.87. The number of nitrogens with zero attached hydrogens (tertiary/aromatic N) is 1. The van der Waals surface area contributed by atoms with Crippen molar-refractivity contribution in [3.05, 3.63) is 39.4 Å². The van der Waals surface area contributed by atoms with Crippen molar-refractivity contribution in [3.8, 4) is 12.3 Å². The summed E-state index contributed by atoms with van der Waals surface area (Å²) in [4.78, 5) is 10.4. The Morgan fingerprint density at radius 3 is 3.00 bits per heavy atom. The average Bonchev–Trinajstić information content (AvgIpc) is 2.35. The number of nitrogens with one attached hydrogen (secondary N) is 1. The third kappa shape index (κ3) is 4.40. The number of nitro groups is 1. The minimum absolute atomic E-state index is 0.177. The van der Waals surface area contributed by atoms with Crippen LogP contribution in [-0.4, -0.2) is 23.0 Å². The van der Waals surface area contributed by atoms with Crippen molar-refractivity contribution in [2.24, 2.45) is 0 Å². The molecule has 0 unspecified atom stereocenters. The van der Waals surface area contributed by atoms with E-state index in [0.29, 0.717) is 6.54 Å². The molecule has 0 heterocycles. The topological polar surface area (TPSA) is 55.2 Å². The second-order valence-electron chi connectivity index (χ2n) is 3.75. The molecule has 0 aliphatic heterocycles. The first kappa shape index (κ1) is 14.6. The minimum atomic E-state index is -0.346. The van der Waals surface area contributed by atoms with E-state index in [1.807, 2.05) is 6.07 Å². The Hall–Kier alpha value is -1.51. The lowest BCUT2D eigenvalue weighted by Crippen LogP contribution is -2.17. The standard InChI is InChI=1S/C13H16N2O2S/c1-3-8-18-9-7-14-10-12-5-4-6-13(11(12)2)15(16)17/h1,4-6,14H,7-10H2,2H3. The van der Waals surface area contributed by atoms with E-state index in [1.54, 1.807) is 24.8 Å². The maximum Gasteiger partial charge on any atom is 0.272 e. The highest BCUT2D eigenvalue weighted by atomic mass is 32.2. The molecule has 0 atom stereocenters. The largest absolute Gasteiger partial charge is 0.312 e. The summed E-state index contributed by atoms with van der Waals surface area (Å²) in [6.07, 6.45) is 5.14. The van der Waals surface area contributed by atoms with Crippen LogP contribution in [0, 0.1) is 29.4 Å². The van der Waals surface area contributed by atoms with Gasteiger partial charge in [-0.15, -0.1) is 18.2 Å². The van der Waals surface area contributed by atoms with Crippen LogP contribution < -0.4 is 5.32 Å². The first-order valence-electron chi connectivity index (χ1n) is 5.61. The van der Waals surface area contributed by atoms with Crippen molar-refractivity contribution in [2.75, 3.05) is 18.1 Å². The van der Waals surface area contributed by atoms with Gasteiger partial charge in [-0.3, -0.25) is 10.1 Å². The Balaban J connectivity index is 2.46. The van der Waals surface area contributed by atoms with Crippen LogP contribution in [0.5, 0.6) is 0 Å². The van der Waals surface area contributed by atoms with Crippen LogP contribution in [0.2, 0.25) is 0 Å². The second kappa shape index (κ2) is 7.75. The lowest BCUT2D eigenvalue weighted by atomic mass is 10.1. The third-order valence-electron chi connectivity index (χ3n) is 2.54. The van der Waals surface area contributed by atoms with Crippen molar-refractivity contribution in [2.45, 2.75) is 13.5 Å². The molecule has 0 radical (unpaired) electrons. The molecule has 5 heteroatoms. The number of benzene rings is 1. The number of nitro benzene ring substituents is 1. The van der Waals surface area contributed by atoms with Crippen LogP contribution in [-0.2, 0) is 6.54 Å². The lowest BCUT2D eigenvalue weighted by molar-refractivity contribution is -0.385. The van der Waals surface area contributed by atoms with Gasteiger partial charge < -0.3 is 5.32 Å². The fourth-order valence-corrected chi connectivity index (χ4v) is 2.11. The number of rotatable bonds is 7. The molecule has 1 rings (SSSR count). The SMILES string of the molecule is C#CCSCCNCc1cccc([N+](=O)[O-])c1C. The first-order chi connectivity index (χ1) is 8.66.